The minimum atomic E-state index is 0. The van der Waals surface area contributed by atoms with Crippen LogP contribution in [0.2, 0.25) is 0 Å². The fourth-order valence-corrected chi connectivity index (χ4v) is 3.13. The molecule has 3 rings (SSSR count). The zero-order valence-corrected chi connectivity index (χ0v) is 19.2. The molecule has 150 valence electrons. The predicted octanol–water partition coefficient (Wildman–Crippen LogP) is 3.90. The normalized spacial score (nSPS) is 11.0. The molecule has 0 aromatic carbocycles. The van der Waals surface area contributed by atoms with E-state index in [1.807, 2.05) is 49.3 Å². The Morgan fingerprint density at radius 1 is 1.14 bits per heavy atom. The molecule has 3 heterocycles. The molecule has 0 fully saturated rings. The Hall–Kier alpha value is -2.07. The smallest absolute Gasteiger partial charge is 0.191 e. The Bertz CT molecular complexity index is 834. The molecule has 2 N–H and O–H groups in total. The van der Waals surface area contributed by atoms with Crippen LogP contribution in [0.15, 0.2) is 63.5 Å². The van der Waals surface area contributed by atoms with E-state index in [4.69, 9.17) is 9.41 Å². The van der Waals surface area contributed by atoms with Crippen molar-refractivity contribution in [2.45, 2.75) is 19.5 Å². The van der Waals surface area contributed by atoms with Crippen LogP contribution in [0.1, 0.15) is 16.3 Å². The van der Waals surface area contributed by atoms with Gasteiger partial charge in [-0.25, -0.2) is 9.98 Å². The van der Waals surface area contributed by atoms with Crippen molar-refractivity contribution in [2.75, 3.05) is 25.5 Å². The first-order chi connectivity index (χ1) is 13.2. The lowest BCUT2D eigenvalue weighted by molar-refractivity contribution is 0.506. The van der Waals surface area contributed by atoms with Crippen LogP contribution in [0.25, 0.3) is 0 Å². The molecule has 0 saturated carbocycles. The van der Waals surface area contributed by atoms with Gasteiger partial charge >= 0.3 is 0 Å². The van der Waals surface area contributed by atoms with E-state index in [2.05, 4.69) is 33.1 Å². The monoisotopic (exact) mass is 511 g/mol. The molecule has 0 atom stereocenters. The highest BCUT2D eigenvalue weighted by Crippen LogP contribution is 2.09. The van der Waals surface area contributed by atoms with Gasteiger partial charge in [0.2, 0.25) is 0 Å². The molecule has 0 bridgehead atoms. The van der Waals surface area contributed by atoms with Gasteiger partial charge in [0.1, 0.15) is 11.6 Å². The number of halogens is 1. The Morgan fingerprint density at radius 3 is 2.75 bits per heavy atom. The minimum absolute atomic E-state index is 0. The molecule has 0 aliphatic rings. The molecule has 8 heteroatoms. The molecule has 3 aromatic rings. The van der Waals surface area contributed by atoms with E-state index in [1.165, 1.54) is 4.88 Å². The van der Waals surface area contributed by atoms with Gasteiger partial charge in [-0.2, -0.15) is 0 Å². The summed E-state index contributed by atoms with van der Waals surface area (Å²) in [7, 11) is 3.97. The van der Waals surface area contributed by atoms with Crippen LogP contribution in [-0.4, -0.2) is 31.6 Å². The van der Waals surface area contributed by atoms with Gasteiger partial charge in [0, 0.05) is 31.9 Å². The van der Waals surface area contributed by atoms with Crippen molar-refractivity contribution in [3.63, 3.8) is 0 Å². The summed E-state index contributed by atoms with van der Waals surface area (Å²) in [5, 5.41) is 8.84. The van der Waals surface area contributed by atoms with Crippen LogP contribution < -0.4 is 15.5 Å². The number of aromatic nitrogens is 1. The van der Waals surface area contributed by atoms with Crippen molar-refractivity contribution >= 4 is 47.1 Å². The molecule has 28 heavy (non-hydrogen) atoms. The first-order valence-corrected chi connectivity index (χ1v) is 9.79. The number of hydrogen-bond acceptors (Lipinski definition) is 5. The number of thiophene rings is 1. The van der Waals surface area contributed by atoms with Gasteiger partial charge in [0.25, 0.3) is 0 Å². The van der Waals surface area contributed by atoms with Gasteiger partial charge in [-0.15, -0.1) is 35.3 Å². The molecule has 0 aliphatic heterocycles. The summed E-state index contributed by atoms with van der Waals surface area (Å²) in [4.78, 5) is 12.6. The van der Waals surface area contributed by atoms with E-state index in [9.17, 15) is 0 Å². The summed E-state index contributed by atoms with van der Waals surface area (Å²) in [6, 6.07) is 14.0. The average Bonchev–Trinajstić information content (AvgIpc) is 3.37. The SMILES string of the molecule is CN(C)c1cccc(CN=C(NCCc2ccco2)NCc2cccs2)n1.I. The van der Waals surface area contributed by atoms with E-state index in [-0.39, 0.29) is 24.0 Å². The van der Waals surface area contributed by atoms with Gasteiger partial charge in [-0.05, 0) is 35.7 Å². The average molecular weight is 511 g/mol. The quantitative estimate of drug-likeness (QED) is 0.273. The zero-order chi connectivity index (χ0) is 18.9. The van der Waals surface area contributed by atoms with Crippen molar-refractivity contribution in [1.82, 2.24) is 15.6 Å². The summed E-state index contributed by atoms with van der Waals surface area (Å²) >= 11 is 1.73. The van der Waals surface area contributed by atoms with Crippen LogP contribution in [-0.2, 0) is 19.5 Å². The summed E-state index contributed by atoms with van der Waals surface area (Å²) in [6.45, 7) is 2.01. The molecule has 0 radical (unpaired) electrons. The Balaban J connectivity index is 0.00000280. The molecule has 0 unspecified atom stereocenters. The maximum Gasteiger partial charge on any atom is 0.191 e. The molecule has 0 aliphatic carbocycles. The largest absolute Gasteiger partial charge is 0.469 e. The van der Waals surface area contributed by atoms with Gasteiger partial charge in [0.05, 0.1) is 25.0 Å². The van der Waals surface area contributed by atoms with E-state index in [0.717, 1.165) is 42.7 Å². The fraction of sp³-hybridized carbons (Fsp3) is 0.300. The molecule has 0 amide bonds. The Labute approximate surface area is 187 Å². The van der Waals surface area contributed by atoms with Crippen molar-refractivity contribution in [3.05, 3.63) is 70.4 Å². The highest BCUT2D eigenvalue weighted by molar-refractivity contribution is 14.0. The summed E-state index contributed by atoms with van der Waals surface area (Å²) in [6.07, 6.45) is 2.50. The number of anilines is 1. The van der Waals surface area contributed by atoms with Crippen molar-refractivity contribution in [2.24, 2.45) is 4.99 Å². The first-order valence-electron chi connectivity index (χ1n) is 8.91. The third-order valence-corrected chi connectivity index (χ3v) is 4.78. The maximum atomic E-state index is 5.39. The summed E-state index contributed by atoms with van der Waals surface area (Å²) in [5.41, 5.74) is 0.935. The Morgan fingerprint density at radius 2 is 2.04 bits per heavy atom. The minimum Gasteiger partial charge on any atom is -0.469 e. The second-order valence-electron chi connectivity index (χ2n) is 6.24. The van der Waals surface area contributed by atoms with E-state index < -0.39 is 0 Å². The number of pyridine rings is 1. The molecule has 3 aromatic heterocycles. The Kier molecular flexibility index (Phi) is 9.29. The fourth-order valence-electron chi connectivity index (χ4n) is 2.48. The van der Waals surface area contributed by atoms with Crippen LogP contribution in [0.5, 0.6) is 0 Å². The number of furan rings is 1. The maximum absolute atomic E-state index is 5.39. The van der Waals surface area contributed by atoms with Crippen LogP contribution in [0.4, 0.5) is 5.82 Å². The third kappa shape index (κ3) is 7.16. The first kappa shape index (κ1) is 22.2. The lowest BCUT2D eigenvalue weighted by Crippen LogP contribution is -2.38. The second-order valence-corrected chi connectivity index (χ2v) is 7.27. The molecule has 0 saturated heterocycles. The number of rotatable bonds is 8. The van der Waals surface area contributed by atoms with Crippen molar-refractivity contribution < 1.29 is 4.42 Å². The second kappa shape index (κ2) is 11.7. The van der Waals surface area contributed by atoms with E-state index in [0.29, 0.717) is 6.54 Å². The number of hydrogen-bond donors (Lipinski definition) is 2. The number of nitrogens with one attached hydrogen (secondary N) is 2. The van der Waals surface area contributed by atoms with Gasteiger partial charge in [-0.3, -0.25) is 0 Å². The van der Waals surface area contributed by atoms with Gasteiger partial charge in [0.15, 0.2) is 5.96 Å². The summed E-state index contributed by atoms with van der Waals surface area (Å²) < 4.78 is 5.39. The standard InChI is InChI=1S/C20H25N5OS.HI/c1-25(2)19-9-3-6-16(24-19)14-22-20(23-15-18-8-5-13-27-18)21-11-10-17-7-4-12-26-17;/h3-9,12-13H,10-11,14-15H2,1-2H3,(H2,21,22,23);1H. The highest BCUT2D eigenvalue weighted by Gasteiger charge is 2.03. The van der Waals surface area contributed by atoms with E-state index >= 15 is 0 Å². The number of aliphatic imine (C=N–C) groups is 1. The van der Waals surface area contributed by atoms with Crippen LogP contribution >= 0.6 is 35.3 Å². The van der Waals surface area contributed by atoms with Crippen LogP contribution in [0, 0.1) is 0 Å². The predicted molar refractivity (Wildman–Crippen MR) is 127 cm³/mol. The van der Waals surface area contributed by atoms with E-state index in [1.54, 1.807) is 17.6 Å². The summed E-state index contributed by atoms with van der Waals surface area (Å²) in [5.74, 6) is 2.66. The number of guanidine groups is 1. The third-order valence-electron chi connectivity index (χ3n) is 3.90. The zero-order valence-electron chi connectivity index (χ0n) is 16.1. The molecular weight excluding hydrogens is 485 g/mol. The van der Waals surface area contributed by atoms with Crippen LogP contribution in [0.3, 0.4) is 0 Å². The van der Waals surface area contributed by atoms with Crippen molar-refractivity contribution in [3.8, 4) is 0 Å². The topological polar surface area (TPSA) is 65.7 Å². The number of nitrogens with zero attached hydrogens (tertiary/aromatic N) is 3. The lowest BCUT2D eigenvalue weighted by Gasteiger charge is -2.13. The highest BCUT2D eigenvalue weighted by atomic mass is 127. The van der Waals surface area contributed by atoms with Crippen molar-refractivity contribution in [1.29, 1.82) is 0 Å². The van der Waals surface area contributed by atoms with Gasteiger partial charge in [-0.1, -0.05) is 12.1 Å². The molecule has 0 spiro atoms. The molecule has 6 nitrogen and oxygen atoms in total. The molecular formula is C20H26IN5OS. The lowest BCUT2D eigenvalue weighted by atomic mass is 10.3. The van der Waals surface area contributed by atoms with Gasteiger partial charge < -0.3 is 20.0 Å².